The monoisotopic (exact) mass is 426 g/mol. The van der Waals surface area contributed by atoms with Gasteiger partial charge in [0.1, 0.15) is 12.4 Å². The average molecular weight is 427 g/mol. The van der Waals surface area contributed by atoms with E-state index >= 15 is 0 Å². The SMILES string of the molecule is CCC[C@]1(C)CCCN(C(=O)/C=C\c2ccc(OCc3c(C)noc3C)c(OC)c2)C1. The van der Waals surface area contributed by atoms with E-state index in [1.165, 1.54) is 6.42 Å². The zero-order chi connectivity index (χ0) is 22.4. The Labute approximate surface area is 185 Å². The Kier molecular flexibility index (Phi) is 7.42. The van der Waals surface area contributed by atoms with E-state index in [1.807, 2.05) is 43.0 Å². The number of aryl methyl sites for hydroxylation is 2. The summed E-state index contributed by atoms with van der Waals surface area (Å²) in [6.45, 7) is 10.3. The molecule has 1 saturated heterocycles. The molecule has 1 amide bonds. The Morgan fingerprint density at radius 2 is 2.13 bits per heavy atom. The molecule has 6 nitrogen and oxygen atoms in total. The normalized spacial score (nSPS) is 19.1. The third kappa shape index (κ3) is 5.69. The van der Waals surface area contributed by atoms with Gasteiger partial charge in [0.25, 0.3) is 0 Å². The van der Waals surface area contributed by atoms with Crippen molar-refractivity contribution in [1.82, 2.24) is 10.1 Å². The molecular formula is C25H34N2O4. The van der Waals surface area contributed by atoms with Crippen molar-refractivity contribution in [3.63, 3.8) is 0 Å². The molecule has 0 saturated carbocycles. The van der Waals surface area contributed by atoms with Gasteiger partial charge in [-0.1, -0.05) is 31.5 Å². The summed E-state index contributed by atoms with van der Waals surface area (Å²) in [6.07, 6.45) is 8.08. The Bertz CT molecular complexity index is 910. The number of hydrogen-bond donors (Lipinski definition) is 0. The predicted octanol–water partition coefficient (Wildman–Crippen LogP) is 5.32. The van der Waals surface area contributed by atoms with Crippen LogP contribution in [0.4, 0.5) is 0 Å². The molecule has 1 aromatic heterocycles. The van der Waals surface area contributed by atoms with Gasteiger partial charge in [-0.3, -0.25) is 4.79 Å². The van der Waals surface area contributed by atoms with Crippen LogP contribution in [0.15, 0.2) is 28.8 Å². The maximum Gasteiger partial charge on any atom is 0.246 e. The summed E-state index contributed by atoms with van der Waals surface area (Å²) in [4.78, 5) is 14.7. The second kappa shape index (κ2) is 10.0. The molecule has 2 aromatic rings. The highest BCUT2D eigenvalue weighted by Gasteiger charge is 2.31. The van der Waals surface area contributed by atoms with Crippen molar-refractivity contribution in [3.05, 3.63) is 46.9 Å². The first-order chi connectivity index (χ1) is 14.8. The highest BCUT2D eigenvalue weighted by Crippen LogP contribution is 2.34. The van der Waals surface area contributed by atoms with Crippen molar-refractivity contribution < 1.29 is 18.8 Å². The van der Waals surface area contributed by atoms with Gasteiger partial charge in [0.05, 0.1) is 18.4 Å². The second-order valence-electron chi connectivity index (χ2n) is 8.76. The van der Waals surface area contributed by atoms with E-state index < -0.39 is 0 Å². The molecule has 0 radical (unpaired) electrons. The van der Waals surface area contributed by atoms with Crippen molar-refractivity contribution in [3.8, 4) is 11.5 Å². The maximum atomic E-state index is 12.8. The second-order valence-corrected chi connectivity index (χ2v) is 8.76. The summed E-state index contributed by atoms with van der Waals surface area (Å²) in [5.74, 6) is 2.08. The lowest BCUT2D eigenvalue weighted by molar-refractivity contribution is -0.129. The summed E-state index contributed by atoms with van der Waals surface area (Å²) in [5.41, 5.74) is 2.89. The fraction of sp³-hybridized carbons (Fsp3) is 0.520. The van der Waals surface area contributed by atoms with Gasteiger partial charge in [0.2, 0.25) is 5.91 Å². The van der Waals surface area contributed by atoms with Crippen LogP contribution >= 0.6 is 0 Å². The summed E-state index contributed by atoms with van der Waals surface area (Å²) >= 11 is 0. The molecule has 1 atom stereocenters. The standard InChI is InChI=1S/C25H34N2O4/c1-6-12-25(4)13-7-14-27(17-25)24(28)11-9-20-8-10-22(23(15-20)29-5)30-16-21-18(2)26-31-19(21)3/h8-11,15H,6-7,12-14,16-17H2,1-5H3/b11-9-/t25-/m1/s1. The van der Waals surface area contributed by atoms with Gasteiger partial charge < -0.3 is 18.9 Å². The fourth-order valence-electron chi connectivity index (χ4n) is 4.35. The highest BCUT2D eigenvalue weighted by atomic mass is 16.5. The molecule has 0 aliphatic carbocycles. The molecule has 1 aliphatic rings. The van der Waals surface area contributed by atoms with Crippen LogP contribution in [0, 0.1) is 19.3 Å². The number of nitrogens with zero attached hydrogens (tertiary/aromatic N) is 2. The molecule has 0 unspecified atom stereocenters. The maximum absolute atomic E-state index is 12.8. The molecule has 1 fully saturated rings. The third-order valence-corrected chi connectivity index (χ3v) is 6.11. The molecule has 0 N–H and O–H groups in total. The van der Waals surface area contributed by atoms with E-state index in [0.717, 1.165) is 54.9 Å². The first-order valence-corrected chi connectivity index (χ1v) is 11.0. The van der Waals surface area contributed by atoms with E-state index in [-0.39, 0.29) is 11.3 Å². The number of piperidine rings is 1. The lowest BCUT2D eigenvalue weighted by Crippen LogP contribution is -2.44. The van der Waals surface area contributed by atoms with Crippen LogP contribution in [-0.4, -0.2) is 36.2 Å². The Hall–Kier alpha value is -2.76. The van der Waals surface area contributed by atoms with Gasteiger partial charge in [-0.05, 0) is 62.3 Å². The summed E-state index contributed by atoms with van der Waals surface area (Å²) in [6, 6.07) is 5.66. The lowest BCUT2D eigenvalue weighted by Gasteiger charge is -2.40. The number of likely N-dealkylation sites (tertiary alicyclic amines) is 1. The van der Waals surface area contributed by atoms with Crippen LogP contribution in [0.2, 0.25) is 0 Å². The van der Waals surface area contributed by atoms with Crippen LogP contribution in [0.3, 0.4) is 0 Å². The van der Waals surface area contributed by atoms with E-state index in [9.17, 15) is 4.79 Å². The molecule has 0 bridgehead atoms. The first kappa shape index (κ1) is 22.9. The van der Waals surface area contributed by atoms with Crippen LogP contribution in [-0.2, 0) is 11.4 Å². The molecule has 3 rings (SSSR count). The average Bonchev–Trinajstić information content (AvgIpc) is 3.08. The Balaban J connectivity index is 1.65. The predicted molar refractivity (Wildman–Crippen MR) is 121 cm³/mol. The van der Waals surface area contributed by atoms with Crippen LogP contribution in [0.1, 0.15) is 62.1 Å². The summed E-state index contributed by atoms with van der Waals surface area (Å²) in [5, 5.41) is 3.95. The van der Waals surface area contributed by atoms with Crippen molar-refractivity contribution >= 4 is 12.0 Å². The van der Waals surface area contributed by atoms with Gasteiger partial charge in [-0.25, -0.2) is 0 Å². The summed E-state index contributed by atoms with van der Waals surface area (Å²) < 4.78 is 16.6. The van der Waals surface area contributed by atoms with Crippen molar-refractivity contribution in [2.75, 3.05) is 20.2 Å². The smallest absolute Gasteiger partial charge is 0.246 e. The number of hydrogen-bond acceptors (Lipinski definition) is 5. The van der Waals surface area contributed by atoms with Crippen molar-refractivity contribution in [1.29, 1.82) is 0 Å². The van der Waals surface area contributed by atoms with Gasteiger partial charge in [0, 0.05) is 19.2 Å². The number of carbonyl (C=O) groups is 1. The molecule has 6 heteroatoms. The van der Waals surface area contributed by atoms with Crippen LogP contribution in [0.5, 0.6) is 11.5 Å². The number of aromatic nitrogens is 1. The zero-order valence-electron chi connectivity index (χ0n) is 19.4. The minimum absolute atomic E-state index is 0.0692. The zero-order valence-corrected chi connectivity index (χ0v) is 19.4. The van der Waals surface area contributed by atoms with Crippen molar-refractivity contribution in [2.45, 2.75) is 60.0 Å². The molecule has 1 aromatic carbocycles. The number of methoxy groups -OCH3 is 1. The van der Waals surface area contributed by atoms with Gasteiger partial charge in [-0.2, -0.15) is 0 Å². The minimum atomic E-state index is 0.0692. The number of benzene rings is 1. The van der Waals surface area contributed by atoms with E-state index in [4.69, 9.17) is 14.0 Å². The van der Waals surface area contributed by atoms with E-state index in [0.29, 0.717) is 18.1 Å². The lowest BCUT2D eigenvalue weighted by atomic mass is 9.78. The molecule has 1 aliphatic heterocycles. The largest absolute Gasteiger partial charge is 0.493 e. The molecule has 0 spiro atoms. The van der Waals surface area contributed by atoms with Gasteiger partial charge in [-0.15, -0.1) is 0 Å². The van der Waals surface area contributed by atoms with Gasteiger partial charge in [0.15, 0.2) is 11.5 Å². The van der Waals surface area contributed by atoms with Gasteiger partial charge >= 0.3 is 0 Å². The molecule has 31 heavy (non-hydrogen) atoms. The quantitative estimate of drug-likeness (QED) is 0.535. The number of carbonyl (C=O) groups excluding carboxylic acids is 1. The van der Waals surface area contributed by atoms with E-state index in [1.54, 1.807) is 13.2 Å². The fourth-order valence-corrected chi connectivity index (χ4v) is 4.35. The Morgan fingerprint density at radius 1 is 1.32 bits per heavy atom. The Morgan fingerprint density at radius 3 is 2.81 bits per heavy atom. The molecular weight excluding hydrogens is 392 g/mol. The molecule has 168 valence electrons. The minimum Gasteiger partial charge on any atom is -0.493 e. The third-order valence-electron chi connectivity index (χ3n) is 6.11. The van der Waals surface area contributed by atoms with Crippen molar-refractivity contribution in [2.24, 2.45) is 5.41 Å². The summed E-state index contributed by atoms with van der Waals surface area (Å²) in [7, 11) is 1.61. The highest BCUT2D eigenvalue weighted by molar-refractivity contribution is 5.92. The van der Waals surface area contributed by atoms with Crippen LogP contribution in [0.25, 0.3) is 6.08 Å². The number of rotatable bonds is 8. The van der Waals surface area contributed by atoms with E-state index in [2.05, 4.69) is 19.0 Å². The number of ether oxygens (including phenoxy) is 2. The first-order valence-electron chi connectivity index (χ1n) is 11.0. The molecule has 2 heterocycles. The van der Waals surface area contributed by atoms with Crippen LogP contribution < -0.4 is 9.47 Å². The topological polar surface area (TPSA) is 64.8 Å². The number of amides is 1.